The summed E-state index contributed by atoms with van der Waals surface area (Å²) in [5.74, 6) is 1.05. The summed E-state index contributed by atoms with van der Waals surface area (Å²) in [6.45, 7) is 0. The van der Waals surface area contributed by atoms with Crippen LogP contribution in [-0.4, -0.2) is 44.1 Å². The molecule has 0 atom stereocenters. The number of methoxy groups -OCH3 is 2. The molecule has 0 aliphatic heterocycles. The molecule has 6 aromatic heterocycles. The molecule has 46 heavy (non-hydrogen) atoms. The molecule has 7 rings (SSSR count). The first kappa shape index (κ1) is 28.5. The molecule has 0 amide bonds. The van der Waals surface area contributed by atoms with Crippen LogP contribution in [0.5, 0.6) is 11.8 Å². The predicted molar refractivity (Wildman–Crippen MR) is 179 cm³/mol. The largest absolute Gasteiger partial charge is 0.481 e. The van der Waals surface area contributed by atoms with Gasteiger partial charge in [0.05, 0.1) is 59.8 Å². The Hall–Kier alpha value is -6.28. The van der Waals surface area contributed by atoms with E-state index in [0.29, 0.717) is 23.1 Å². The fraction of sp³-hybridized carbons (Fsp3) is 0.0526. The summed E-state index contributed by atoms with van der Waals surface area (Å²) in [6.07, 6.45) is 3.54. The van der Waals surface area contributed by atoms with E-state index in [2.05, 4.69) is 56.3 Å². The number of rotatable bonds is 8. The van der Waals surface area contributed by atoms with E-state index in [1.165, 1.54) is 0 Å². The van der Waals surface area contributed by atoms with Gasteiger partial charge in [-0.25, -0.2) is 19.9 Å². The molecule has 0 saturated heterocycles. The number of ether oxygens (including phenoxy) is 2. The molecule has 0 aliphatic rings. The Morgan fingerprint density at radius 1 is 0.348 bits per heavy atom. The van der Waals surface area contributed by atoms with Crippen LogP contribution in [0.15, 0.2) is 134 Å². The standard InChI is InChI=1S/C38H28N6O2/c1-45-37-13-7-11-31(43-37)35-23-27(21-33(41-35)29-9-3-5-19-39-29)25-15-17-26(18-16-25)28-22-34(30-10-4-6-20-40-30)42-36(24-28)32-12-8-14-38(44-32)46-2/h3-24H,1-2H3. The zero-order valence-electron chi connectivity index (χ0n) is 25.2. The van der Waals surface area contributed by atoms with Crippen molar-refractivity contribution in [1.29, 1.82) is 0 Å². The third-order valence-corrected chi connectivity index (χ3v) is 7.45. The average molecular weight is 601 g/mol. The van der Waals surface area contributed by atoms with Gasteiger partial charge >= 0.3 is 0 Å². The van der Waals surface area contributed by atoms with Crippen LogP contribution in [-0.2, 0) is 0 Å². The Labute approximate surface area is 266 Å². The van der Waals surface area contributed by atoms with Gasteiger partial charge in [-0.3, -0.25) is 9.97 Å². The van der Waals surface area contributed by atoms with Gasteiger partial charge in [0.1, 0.15) is 0 Å². The second kappa shape index (κ2) is 12.8. The lowest BCUT2D eigenvalue weighted by molar-refractivity contribution is 0.398. The van der Waals surface area contributed by atoms with Crippen molar-refractivity contribution in [1.82, 2.24) is 29.9 Å². The van der Waals surface area contributed by atoms with Crippen molar-refractivity contribution in [2.75, 3.05) is 14.2 Å². The minimum absolute atomic E-state index is 0.527. The maximum Gasteiger partial charge on any atom is 0.213 e. The van der Waals surface area contributed by atoms with Gasteiger partial charge in [0.2, 0.25) is 11.8 Å². The highest BCUT2D eigenvalue weighted by Crippen LogP contribution is 2.33. The molecule has 6 heterocycles. The summed E-state index contributed by atoms with van der Waals surface area (Å²) >= 11 is 0. The molecule has 8 nitrogen and oxygen atoms in total. The maximum absolute atomic E-state index is 5.38. The Morgan fingerprint density at radius 3 is 1.11 bits per heavy atom. The predicted octanol–water partition coefficient (Wildman–Crippen LogP) is 8.08. The highest BCUT2D eigenvalue weighted by Gasteiger charge is 2.14. The number of aromatic nitrogens is 6. The Morgan fingerprint density at radius 2 is 0.739 bits per heavy atom. The fourth-order valence-electron chi connectivity index (χ4n) is 5.15. The van der Waals surface area contributed by atoms with Gasteiger partial charge in [-0.15, -0.1) is 0 Å². The second-order valence-corrected chi connectivity index (χ2v) is 10.4. The molecule has 0 aliphatic carbocycles. The third-order valence-electron chi connectivity index (χ3n) is 7.45. The van der Waals surface area contributed by atoms with E-state index < -0.39 is 0 Å². The zero-order chi connectivity index (χ0) is 31.3. The van der Waals surface area contributed by atoms with Crippen LogP contribution in [0.3, 0.4) is 0 Å². The lowest BCUT2D eigenvalue weighted by Crippen LogP contribution is -1.96. The van der Waals surface area contributed by atoms with E-state index in [1.54, 1.807) is 26.6 Å². The summed E-state index contributed by atoms with van der Waals surface area (Å²) in [4.78, 5) is 28.2. The van der Waals surface area contributed by atoms with E-state index in [1.807, 2.05) is 84.9 Å². The molecule has 1 aromatic carbocycles. The van der Waals surface area contributed by atoms with Crippen molar-refractivity contribution in [2.24, 2.45) is 0 Å². The number of nitrogens with zero attached hydrogens (tertiary/aromatic N) is 6. The molecule has 0 fully saturated rings. The number of hydrogen-bond donors (Lipinski definition) is 0. The number of hydrogen-bond acceptors (Lipinski definition) is 8. The monoisotopic (exact) mass is 600 g/mol. The number of benzene rings is 1. The Balaban J connectivity index is 1.31. The SMILES string of the molecule is COc1cccc(-c2cc(-c3ccc(-c4cc(-c5ccccn5)nc(-c5cccc(OC)n5)c4)cc3)cc(-c3ccccn3)n2)n1. The van der Waals surface area contributed by atoms with Gasteiger partial charge in [-0.2, -0.15) is 0 Å². The molecule has 0 N–H and O–H groups in total. The van der Waals surface area contributed by atoms with Crippen LogP contribution < -0.4 is 9.47 Å². The summed E-state index contributed by atoms with van der Waals surface area (Å²) in [5, 5.41) is 0. The van der Waals surface area contributed by atoms with E-state index in [9.17, 15) is 0 Å². The molecule has 0 saturated carbocycles. The third kappa shape index (κ3) is 6.05. The fourth-order valence-corrected chi connectivity index (χ4v) is 5.15. The smallest absolute Gasteiger partial charge is 0.213 e. The van der Waals surface area contributed by atoms with Crippen molar-refractivity contribution >= 4 is 0 Å². The van der Waals surface area contributed by atoms with E-state index in [-0.39, 0.29) is 0 Å². The van der Waals surface area contributed by atoms with Crippen LogP contribution in [0.4, 0.5) is 0 Å². The van der Waals surface area contributed by atoms with Crippen molar-refractivity contribution in [2.45, 2.75) is 0 Å². The molecule has 222 valence electrons. The van der Waals surface area contributed by atoms with Gasteiger partial charge in [0.15, 0.2) is 0 Å². The van der Waals surface area contributed by atoms with Gasteiger partial charge in [0, 0.05) is 24.5 Å². The summed E-state index contributed by atoms with van der Waals surface area (Å²) in [6, 6.07) is 39.6. The van der Waals surface area contributed by atoms with Crippen LogP contribution in [0.25, 0.3) is 67.8 Å². The molecule has 0 spiro atoms. The lowest BCUT2D eigenvalue weighted by atomic mass is 9.98. The van der Waals surface area contributed by atoms with Gasteiger partial charge in [-0.05, 0) is 82.9 Å². The molecular weight excluding hydrogens is 572 g/mol. The van der Waals surface area contributed by atoms with Gasteiger partial charge < -0.3 is 9.47 Å². The first-order valence-corrected chi connectivity index (χ1v) is 14.7. The normalized spacial score (nSPS) is 10.8. The molecule has 7 aromatic rings. The van der Waals surface area contributed by atoms with Crippen molar-refractivity contribution in [3.8, 4) is 79.6 Å². The number of pyridine rings is 6. The average Bonchev–Trinajstić information content (AvgIpc) is 3.15. The quantitative estimate of drug-likeness (QED) is 0.173. The Kier molecular flexibility index (Phi) is 7.90. The maximum atomic E-state index is 5.38. The minimum atomic E-state index is 0.527. The first-order chi connectivity index (χ1) is 22.7. The highest BCUT2D eigenvalue weighted by molar-refractivity contribution is 5.79. The van der Waals surface area contributed by atoms with E-state index in [0.717, 1.165) is 56.4 Å². The topological polar surface area (TPSA) is 95.8 Å². The summed E-state index contributed by atoms with van der Waals surface area (Å²) in [5.41, 5.74) is 10.0. The molecule has 0 bridgehead atoms. The van der Waals surface area contributed by atoms with Crippen molar-refractivity contribution in [3.05, 3.63) is 134 Å². The molecule has 0 radical (unpaired) electrons. The van der Waals surface area contributed by atoms with Crippen LogP contribution in [0.1, 0.15) is 0 Å². The van der Waals surface area contributed by atoms with E-state index in [4.69, 9.17) is 19.4 Å². The Bertz CT molecular complexity index is 1970. The zero-order valence-corrected chi connectivity index (χ0v) is 25.2. The molecule has 0 unspecified atom stereocenters. The summed E-state index contributed by atoms with van der Waals surface area (Å²) < 4.78 is 10.8. The van der Waals surface area contributed by atoms with Gasteiger partial charge in [0.25, 0.3) is 0 Å². The van der Waals surface area contributed by atoms with Crippen LogP contribution in [0, 0.1) is 0 Å². The highest BCUT2D eigenvalue weighted by atomic mass is 16.5. The van der Waals surface area contributed by atoms with Crippen molar-refractivity contribution < 1.29 is 9.47 Å². The van der Waals surface area contributed by atoms with Crippen LogP contribution in [0.2, 0.25) is 0 Å². The van der Waals surface area contributed by atoms with Crippen LogP contribution >= 0.6 is 0 Å². The second-order valence-electron chi connectivity index (χ2n) is 10.4. The van der Waals surface area contributed by atoms with Gasteiger partial charge in [-0.1, -0.05) is 48.5 Å². The molecule has 8 heteroatoms. The first-order valence-electron chi connectivity index (χ1n) is 14.7. The minimum Gasteiger partial charge on any atom is -0.481 e. The molecular formula is C38H28N6O2. The van der Waals surface area contributed by atoms with E-state index >= 15 is 0 Å². The lowest BCUT2D eigenvalue weighted by Gasteiger charge is -2.12. The van der Waals surface area contributed by atoms with Crippen molar-refractivity contribution in [3.63, 3.8) is 0 Å². The summed E-state index contributed by atoms with van der Waals surface area (Å²) in [7, 11) is 3.21.